The highest BCUT2D eigenvalue weighted by molar-refractivity contribution is 7.91. The normalized spacial score (nSPS) is 22.5. The lowest BCUT2D eigenvalue weighted by Gasteiger charge is -2.22. The van der Waals surface area contributed by atoms with Crippen LogP contribution in [0.15, 0.2) is 4.99 Å². The van der Waals surface area contributed by atoms with Gasteiger partial charge in [0, 0.05) is 26.7 Å². The molecule has 0 aromatic heterocycles. The van der Waals surface area contributed by atoms with Crippen molar-refractivity contribution in [3.8, 4) is 0 Å². The van der Waals surface area contributed by atoms with E-state index in [1.807, 2.05) is 14.0 Å². The lowest BCUT2D eigenvalue weighted by atomic mass is 10.1. The van der Waals surface area contributed by atoms with Crippen molar-refractivity contribution in [2.45, 2.75) is 33.1 Å². The highest BCUT2D eigenvalue weighted by Gasteiger charge is 2.27. The Morgan fingerprint density at radius 1 is 1.42 bits per heavy atom. The minimum atomic E-state index is -2.79. The molecule has 1 heterocycles. The van der Waals surface area contributed by atoms with Crippen molar-refractivity contribution in [2.24, 2.45) is 10.9 Å². The number of unbranched alkanes of at least 4 members (excludes halogenated alkanes) is 1. The van der Waals surface area contributed by atoms with E-state index in [1.165, 1.54) is 0 Å². The Hall–Kier alpha value is -0.780. The summed E-state index contributed by atoms with van der Waals surface area (Å²) in [4.78, 5) is 6.70. The van der Waals surface area contributed by atoms with E-state index in [4.69, 9.17) is 0 Å². The topological polar surface area (TPSA) is 61.8 Å². The van der Waals surface area contributed by atoms with Gasteiger partial charge in [-0.3, -0.25) is 4.99 Å². The fraction of sp³-hybridized carbons (Fsp3) is 0.923. The summed E-state index contributed by atoms with van der Waals surface area (Å²) in [5.74, 6) is 1.71. The van der Waals surface area contributed by atoms with Crippen molar-refractivity contribution in [2.75, 3.05) is 38.2 Å². The Morgan fingerprint density at radius 2 is 2.16 bits per heavy atom. The van der Waals surface area contributed by atoms with E-state index in [2.05, 4.69) is 22.1 Å². The van der Waals surface area contributed by atoms with Crippen molar-refractivity contribution in [3.05, 3.63) is 0 Å². The monoisotopic (exact) mass is 289 g/mol. The van der Waals surface area contributed by atoms with E-state index in [0.717, 1.165) is 38.3 Å². The summed E-state index contributed by atoms with van der Waals surface area (Å²) in [6, 6.07) is 0. The van der Waals surface area contributed by atoms with Crippen LogP contribution in [0.2, 0.25) is 0 Å². The molecule has 0 aliphatic carbocycles. The van der Waals surface area contributed by atoms with Gasteiger partial charge in [-0.2, -0.15) is 0 Å². The maximum Gasteiger partial charge on any atom is 0.193 e. The molecule has 1 N–H and O–H groups in total. The molecular weight excluding hydrogens is 262 g/mol. The van der Waals surface area contributed by atoms with Gasteiger partial charge in [0.05, 0.1) is 11.5 Å². The average Bonchev–Trinajstić information content (AvgIpc) is 2.71. The molecule has 5 nitrogen and oxygen atoms in total. The summed E-state index contributed by atoms with van der Waals surface area (Å²) in [7, 11) is -0.763. The molecule has 0 aromatic rings. The van der Waals surface area contributed by atoms with E-state index < -0.39 is 9.84 Å². The van der Waals surface area contributed by atoms with Gasteiger partial charge in [0.1, 0.15) is 0 Å². The second-order valence-electron chi connectivity index (χ2n) is 5.24. The molecule has 0 amide bonds. The van der Waals surface area contributed by atoms with Gasteiger partial charge in [-0.1, -0.05) is 13.3 Å². The molecule has 0 radical (unpaired) electrons. The van der Waals surface area contributed by atoms with E-state index >= 15 is 0 Å². The number of rotatable bonds is 6. The lowest BCUT2D eigenvalue weighted by molar-refractivity contribution is 0.461. The molecule has 1 saturated heterocycles. The average molecular weight is 289 g/mol. The predicted octanol–water partition coefficient (Wildman–Crippen LogP) is 1.12. The Kier molecular flexibility index (Phi) is 6.62. The van der Waals surface area contributed by atoms with Crippen molar-refractivity contribution in [1.82, 2.24) is 10.2 Å². The molecule has 112 valence electrons. The fourth-order valence-electron chi connectivity index (χ4n) is 2.20. The smallest absolute Gasteiger partial charge is 0.193 e. The number of hydrogen-bond donors (Lipinski definition) is 1. The molecule has 1 aliphatic heterocycles. The van der Waals surface area contributed by atoms with Crippen molar-refractivity contribution in [1.29, 1.82) is 0 Å². The van der Waals surface area contributed by atoms with E-state index in [9.17, 15) is 8.42 Å². The number of hydrogen-bond acceptors (Lipinski definition) is 3. The van der Waals surface area contributed by atoms with Crippen LogP contribution in [-0.4, -0.2) is 57.5 Å². The first-order valence-electron chi connectivity index (χ1n) is 7.18. The molecule has 19 heavy (non-hydrogen) atoms. The molecule has 1 rings (SSSR count). The van der Waals surface area contributed by atoms with Crippen LogP contribution in [-0.2, 0) is 9.84 Å². The largest absolute Gasteiger partial charge is 0.357 e. The first kappa shape index (κ1) is 16.3. The van der Waals surface area contributed by atoms with Crippen LogP contribution in [0.4, 0.5) is 0 Å². The number of nitrogens with one attached hydrogen (secondary N) is 1. The third-order valence-corrected chi connectivity index (χ3v) is 5.21. The summed E-state index contributed by atoms with van der Waals surface area (Å²) >= 11 is 0. The second kappa shape index (κ2) is 7.72. The summed E-state index contributed by atoms with van der Waals surface area (Å²) in [6.07, 6.45) is 3.05. The second-order valence-corrected chi connectivity index (χ2v) is 7.47. The van der Waals surface area contributed by atoms with Gasteiger partial charge in [-0.05, 0) is 25.7 Å². The molecular formula is C13H27N3O2S. The molecule has 1 fully saturated rings. The SMILES string of the molecule is CCCCN(C)C(=NCC1CCS(=O)(=O)C1)NCC. The quantitative estimate of drug-likeness (QED) is 0.588. The number of aliphatic imine (C=N–C) groups is 1. The van der Waals surface area contributed by atoms with Gasteiger partial charge < -0.3 is 10.2 Å². The molecule has 0 saturated carbocycles. The first-order chi connectivity index (χ1) is 8.98. The zero-order valence-corrected chi connectivity index (χ0v) is 13.2. The Labute approximate surface area is 117 Å². The number of sulfone groups is 1. The minimum Gasteiger partial charge on any atom is -0.357 e. The molecule has 1 unspecified atom stereocenters. The molecule has 0 spiro atoms. The van der Waals surface area contributed by atoms with Crippen molar-refractivity contribution in [3.63, 3.8) is 0 Å². The summed E-state index contributed by atoms with van der Waals surface area (Å²) in [5.41, 5.74) is 0. The summed E-state index contributed by atoms with van der Waals surface area (Å²) in [5, 5.41) is 3.26. The lowest BCUT2D eigenvalue weighted by Crippen LogP contribution is -2.39. The molecule has 1 aliphatic rings. The van der Waals surface area contributed by atoms with E-state index in [0.29, 0.717) is 18.1 Å². The van der Waals surface area contributed by atoms with Crippen LogP contribution in [0.5, 0.6) is 0 Å². The third kappa shape index (κ3) is 5.80. The Bertz CT molecular complexity index is 393. The van der Waals surface area contributed by atoms with Gasteiger partial charge in [0.25, 0.3) is 0 Å². The third-order valence-electron chi connectivity index (χ3n) is 3.37. The Balaban J connectivity index is 2.53. The van der Waals surface area contributed by atoms with Gasteiger partial charge in [-0.15, -0.1) is 0 Å². The highest BCUT2D eigenvalue weighted by atomic mass is 32.2. The summed E-state index contributed by atoms with van der Waals surface area (Å²) in [6.45, 7) is 6.63. The highest BCUT2D eigenvalue weighted by Crippen LogP contribution is 2.18. The van der Waals surface area contributed by atoms with Crippen LogP contribution in [0, 0.1) is 5.92 Å². The zero-order valence-electron chi connectivity index (χ0n) is 12.4. The van der Waals surface area contributed by atoms with Crippen LogP contribution in [0.3, 0.4) is 0 Å². The predicted molar refractivity (Wildman–Crippen MR) is 80.3 cm³/mol. The number of guanidine groups is 1. The first-order valence-corrected chi connectivity index (χ1v) is 9.00. The maximum atomic E-state index is 11.4. The Morgan fingerprint density at radius 3 is 2.68 bits per heavy atom. The van der Waals surface area contributed by atoms with Crippen LogP contribution >= 0.6 is 0 Å². The maximum absolute atomic E-state index is 11.4. The van der Waals surface area contributed by atoms with Crippen LogP contribution in [0.1, 0.15) is 33.1 Å². The number of nitrogens with zero attached hydrogens (tertiary/aromatic N) is 2. The van der Waals surface area contributed by atoms with Crippen molar-refractivity contribution < 1.29 is 8.42 Å². The van der Waals surface area contributed by atoms with E-state index in [-0.39, 0.29) is 5.92 Å². The zero-order chi connectivity index (χ0) is 14.3. The van der Waals surface area contributed by atoms with Crippen LogP contribution in [0.25, 0.3) is 0 Å². The minimum absolute atomic E-state index is 0.193. The van der Waals surface area contributed by atoms with Crippen LogP contribution < -0.4 is 5.32 Å². The van der Waals surface area contributed by atoms with Gasteiger partial charge >= 0.3 is 0 Å². The van der Waals surface area contributed by atoms with Gasteiger partial charge in [0.2, 0.25) is 0 Å². The molecule has 1 atom stereocenters. The van der Waals surface area contributed by atoms with Gasteiger partial charge in [0.15, 0.2) is 15.8 Å². The van der Waals surface area contributed by atoms with Crippen molar-refractivity contribution >= 4 is 15.8 Å². The standard InChI is InChI=1S/C13H27N3O2S/c1-4-6-8-16(3)13(14-5-2)15-10-12-7-9-19(17,18)11-12/h12H,4-11H2,1-3H3,(H,14,15). The molecule has 0 aromatic carbocycles. The molecule has 0 bridgehead atoms. The fourth-order valence-corrected chi connectivity index (χ4v) is 4.05. The molecule has 6 heteroatoms. The van der Waals surface area contributed by atoms with E-state index in [1.54, 1.807) is 0 Å². The summed E-state index contributed by atoms with van der Waals surface area (Å²) < 4.78 is 22.8. The van der Waals surface area contributed by atoms with Gasteiger partial charge in [-0.25, -0.2) is 8.42 Å².